The van der Waals surface area contributed by atoms with Gasteiger partial charge >= 0.3 is 0 Å². The van der Waals surface area contributed by atoms with Crippen LogP contribution in [0.5, 0.6) is 0 Å². The molecule has 0 spiro atoms. The standard InChI is InChI=1S/C8H7N3O3/c1-6-4-8(12)10(3-2-9)5-7(6)11(13)14/h4-5H,3H2,1H3. The molecule has 0 bridgehead atoms. The highest BCUT2D eigenvalue weighted by molar-refractivity contribution is 5.35. The summed E-state index contributed by atoms with van der Waals surface area (Å²) in [5, 5.41) is 18.9. The van der Waals surface area contributed by atoms with Crippen LogP contribution >= 0.6 is 0 Å². The van der Waals surface area contributed by atoms with Crippen molar-refractivity contribution in [1.82, 2.24) is 4.57 Å². The van der Waals surface area contributed by atoms with Crippen molar-refractivity contribution in [3.05, 3.63) is 38.3 Å². The average Bonchev–Trinajstić information content (AvgIpc) is 2.09. The van der Waals surface area contributed by atoms with Gasteiger partial charge in [-0.3, -0.25) is 19.5 Å². The van der Waals surface area contributed by atoms with Gasteiger partial charge in [-0.25, -0.2) is 0 Å². The smallest absolute Gasteiger partial charge is 0.288 e. The van der Waals surface area contributed by atoms with Gasteiger partial charge in [0.15, 0.2) is 0 Å². The summed E-state index contributed by atoms with van der Waals surface area (Å²) >= 11 is 0. The number of nitriles is 1. The van der Waals surface area contributed by atoms with E-state index in [-0.39, 0.29) is 12.2 Å². The van der Waals surface area contributed by atoms with Gasteiger partial charge in [-0.1, -0.05) is 0 Å². The second kappa shape index (κ2) is 3.70. The lowest BCUT2D eigenvalue weighted by Gasteiger charge is -2.01. The minimum absolute atomic E-state index is 0.153. The maximum Gasteiger partial charge on any atom is 0.288 e. The van der Waals surface area contributed by atoms with Gasteiger partial charge in [0.05, 0.1) is 17.2 Å². The van der Waals surface area contributed by atoms with Crippen LogP contribution in [-0.2, 0) is 6.54 Å². The van der Waals surface area contributed by atoms with Crippen LogP contribution < -0.4 is 5.56 Å². The van der Waals surface area contributed by atoms with E-state index in [1.54, 1.807) is 6.07 Å². The fourth-order valence-corrected chi connectivity index (χ4v) is 1.05. The summed E-state index contributed by atoms with van der Waals surface area (Å²) in [5.41, 5.74) is -0.260. The Morgan fingerprint density at radius 2 is 2.36 bits per heavy atom. The molecule has 1 aromatic heterocycles. The predicted octanol–water partition coefficient (Wildman–Crippen LogP) is 0.588. The second-order valence-corrected chi connectivity index (χ2v) is 2.72. The van der Waals surface area contributed by atoms with E-state index in [2.05, 4.69) is 0 Å². The lowest BCUT2D eigenvalue weighted by molar-refractivity contribution is -0.385. The lowest BCUT2D eigenvalue weighted by atomic mass is 10.2. The van der Waals surface area contributed by atoms with Crippen LogP contribution in [-0.4, -0.2) is 9.49 Å². The number of nitro groups is 1. The number of aryl methyl sites for hydroxylation is 1. The minimum atomic E-state index is -0.581. The van der Waals surface area contributed by atoms with Gasteiger partial charge in [0.1, 0.15) is 6.54 Å². The quantitative estimate of drug-likeness (QED) is 0.507. The summed E-state index contributed by atoms with van der Waals surface area (Å²) in [7, 11) is 0. The Balaban J connectivity index is 3.36. The first-order chi connectivity index (χ1) is 6.56. The Morgan fingerprint density at radius 3 is 2.86 bits per heavy atom. The van der Waals surface area contributed by atoms with Crippen LogP contribution in [0.4, 0.5) is 5.69 Å². The molecule has 72 valence electrons. The van der Waals surface area contributed by atoms with Crippen LogP contribution in [0.3, 0.4) is 0 Å². The topological polar surface area (TPSA) is 88.9 Å². The molecule has 0 amide bonds. The summed E-state index contributed by atoms with van der Waals surface area (Å²) in [6, 6.07) is 2.90. The average molecular weight is 193 g/mol. The highest BCUT2D eigenvalue weighted by atomic mass is 16.6. The number of hydrogen-bond acceptors (Lipinski definition) is 4. The van der Waals surface area contributed by atoms with E-state index in [1.807, 2.05) is 0 Å². The van der Waals surface area contributed by atoms with E-state index >= 15 is 0 Å². The molecule has 0 saturated heterocycles. The molecule has 0 aliphatic rings. The van der Waals surface area contributed by atoms with Gasteiger partial charge in [-0.15, -0.1) is 0 Å². The normalized spacial score (nSPS) is 9.43. The van der Waals surface area contributed by atoms with Crippen molar-refractivity contribution in [3.8, 4) is 6.07 Å². The Bertz CT molecular complexity index is 470. The summed E-state index contributed by atoms with van der Waals surface area (Å²) in [4.78, 5) is 21.1. The maximum atomic E-state index is 11.2. The molecular formula is C8H7N3O3. The molecule has 1 rings (SSSR count). The molecule has 0 aliphatic heterocycles. The maximum absolute atomic E-state index is 11.2. The first-order valence-electron chi connectivity index (χ1n) is 3.78. The van der Waals surface area contributed by atoms with E-state index in [0.29, 0.717) is 5.56 Å². The van der Waals surface area contributed by atoms with Gasteiger partial charge in [0, 0.05) is 11.6 Å². The number of pyridine rings is 1. The van der Waals surface area contributed by atoms with Gasteiger partial charge in [-0.05, 0) is 6.92 Å². The zero-order chi connectivity index (χ0) is 10.7. The highest BCUT2D eigenvalue weighted by Crippen LogP contribution is 2.13. The van der Waals surface area contributed by atoms with E-state index < -0.39 is 10.5 Å². The zero-order valence-electron chi connectivity index (χ0n) is 7.43. The zero-order valence-corrected chi connectivity index (χ0v) is 7.43. The molecule has 0 unspecified atom stereocenters. The van der Waals surface area contributed by atoms with Crippen LogP contribution in [0.1, 0.15) is 5.56 Å². The Hall–Kier alpha value is -2.16. The van der Waals surface area contributed by atoms with Gasteiger partial charge in [0.25, 0.3) is 11.2 Å². The summed E-state index contributed by atoms with van der Waals surface area (Å²) in [6.07, 6.45) is 1.08. The van der Waals surface area contributed by atoms with E-state index in [4.69, 9.17) is 5.26 Å². The first-order valence-corrected chi connectivity index (χ1v) is 3.78. The SMILES string of the molecule is Cc1cc(=O)n(CC#N)cc1[N+](=O)[O-]. The summed E-state index contributed by atoms with van der Waals surface area (Å²) < 4.78 is 1.01. The van der Waals surface area contributed by atoms with Crippen LogP contribution in [0.15, 0.2) is 17.1 Å². The van der Waals surface area contributed by atoms with Crippen LogP contribution in [0, 0.1) is 28.4 Å². The number of hydrogen-bond donors (Lipinski definition) is 0. The van der Waals surface area contributed by atoms with Crippen LogP contribution in [0.2, 0.25) is 0 Å². The van der Waals surface area contributed by atoms with E-state index in [9.17, 15) is 14.9 Å². The van der Waals surface area contributed by atoms with Gasteiger partial charge < -0.3 is 0 Å². The molecule has 0 aromatic carbocycles. The van der Waals surface area contributed by atoms with E-state index in [0.717, 1.165) is 16.8 Å². The van der Waals surface area contributed by atoms with Gasteiger partial charge in [-0.2, -0.15) is 5.26 Å². The van der Waals surface area contributed by atoms with Crippen molar-refractivity contribution in [2.24, 2.45) is 0 Å². The Labute approximate surface area is 79.2 Å². The molecular weight excluding hydrogens is 186 g/mol. The predicted molar refractivity (Wildman–Crippen MR) is 47.7 cm³/mol. The molecule has 6 heteroatoms. The fraction of sp³-hybridized carbons (Fsp3) is 0.250. The molecule has 0 aliphatic carbocycles. The molecule has 14 heavy (non-hydrogen) atoms. The summed E-state index contributed by atoms with van der Waals surface area (Å²) in [6.45, 7) is 1.30. The monoisotopic (exact) mass is 193 g/mol. The van der Waals surface area contributed by atoms with Crippen molar-refractivity contribution < 1.29 is 4.92 Å². The number of aromatic nitrogens is 1. The Kier molecular flexibility index (Phi) is 2.62. The largest absolute Gasteiger partial charge is 0.295 e. The van der Waals surface area contributed by atoms with Crippen LogP contribution in [0.25, 0.3) is 0 Å². The highest BCUT2D eigenvalue weighted by Gasteiger charge is 2.12. The molecule has 0 radical (unpaired) electrons. The number of nitrogens with zero attached hydrogens (tertiary/aromatic N) is 3. The minimum Gasteiger partial charge on any atom is -0.295 e. The Morgan fingerprint density at radius 1 is 1.71 bits per heavy atom. The van der Waals surface area contributed by atoms with Crippen molar-refractivity contribution in [2.45, 2.75) is 13.5 Å². The fourth-order valence-electron chi connectivity index (χ4n) is 1.05. The van der Waals surface area contributed by atoms with Gasteiger partial charge in [0.2, 0.25) is 0 Å². The molecule has 0 fully saturated rings. The second-order valence-electron chi connectivity index (χ2n) is 2.72. The molecule has 0 atom stereocenters. The lowest BCUT2D eigenvalue weighted by Crippen LogP contribution is -2.19. The van der Waals surface area contributed by atoms with Crippen molar-refractivity contribution in [1.29, 1.82) is 5.26 Å². The number of rotatable bonds is 2. The van der Waals surface area contributed by atoms with Crippen molar-refractivity contribution in [2.75, 3.05) is 0 Å². The third-order valence-electron chi connectivity index (χ3n) is 1.74. The van der Waals surface area contributed by atoms with E-state index in [1.165, 1.54) is 6.92 Å². The third kappa shape index (κ3) is 1.77. The molecule has 1 heterocycles. The first kappa shape index (κ1) is 9.92. The summed E-state index contributed by atoms with van der Waals surface area (Å²) in [5.74, 6) is 0. The van der Waals surface area contributed by atoms with Crippen molar-refractivity contribution >= 4 is 5.69 Å². The molecule has 0 N–H and O–H groups in total. The molecule has 0 saturated carbocycles. The molecule has 6 nitrogen and oxygen atoms in total. The third-order valence-corrected chi connectivity index (χ3v) is 1.74. The van der Waals surface area contributed by atoms with Crippen molar-refractivity contribution in [3.63, 3.8) is 0 Å². The molecule has 1 aromatic rings.